The first-order chi connectivity index (χ1) is 11.7. The van der Waals surface area contributed by atoms with Crippen LogP contribution in [0.4, 0.5) is 13.2 Å². The van der Waals surface area contributed by atoms with E-state index >= 15 is 0 Å². The number of hydrogen-bond donors (Lipinski definition) is 0. The van der Waals surface area contributed by atoms with Gasteiger partial charge in [0.05, 0.1) is 17.8 Å². The summed E-state index contributed by atoms with van der Waals surface area (Å²) in [5, 5.41) is -1.08. The number of amides is 1. The summed E-state index contributed by atoms with van der Waals surface area (Å²) in [7, 11) is 0. The maximum atomic E-state index is 12.7. The van der Waals surface area contributed by atoms with E-state index in [4.69, 9.17) is 11.6 Å². The van der Waals surface area contributed by atoms with Gasteiger partial charge >= 0.3 is 17.3 Å². The van der Waals surface area contributed by atoms with Crippen LogP contribution in [0, 0.1) is 0 Å². The normalized spacial score (nSPS) is 19.8. The second-order valence-electron chi connectivity index (χ2n) is 6.34. The lowest BCUT2D eigenvalue weighted by Crippen LogP contribution is -2.50. The van der Waals surface area contributed by atoms with Crippen LogP contribution in [-0.4, -0.2) is 34.0 Å². The van der Waals surface area contributed by atoms with E-state index in [0.29, 0.717) is 24.1 Å². The van der Waals surface area contributed by atoms with Crippen molar-refractivity contribution < 1.29 is 22.8 Å². The summed E-state index contributed by atoms with van der Waals surface area (Å²) in [5.41, 5.74) is -0.541. The van der Waals surface area contributed by atoms with Crippen LogP contribution in [0.5, 0.6) is 0 Å². The number of halogens is 4. The summed E-state index contributed by atoms with van der Waals surface area (Å²) in [6.07, 6.45) is -0.425. The average molecular weight is 373 g/mol. The van der Waals surface area contributed by atoms with Gasteiger partial charge in [0.25, 0.3) is 0 Å². The Morgan fingerprint density at radius 1 is 1.08 bits per heavy atom. The molecule has 0 N–H and O–H groups in total. The van der Waals surface area contributed by atoms with Gasteiger partial charge in [0, 0.05) is 0 Å². The molecule has 0 radical (unpaired) electrons. The van der Waals surface area contributed by atoms with E-state index in [1.165, 1.54) is 17.0 Å². The molecule has 1 aliphatic heterocycles. The van der Waals surface area contributed by atoms with Gasteiger partial charge in [0.2, 0.25) is 0 Å². The number of alkyl halides is 3. The van der Waals surface area contributed by atoms with Gasteiger partial charge in [-0.25, -0.2) is 0 Å². The lowest BCUT2D eigenvalue weighted by molar-refractivity contribution is -0.144. The van der Waals surface area contributed by atoms with Crippen molar-refractivity contribution >= 4 is 28.5 Å². The Bertz CT molecular complexity index is 722. The zero-order valence-corrected chi connectivity index (χ0v) is 14.0. The van der Waals surface area contributed by atoms with Crippen molar-refractivity contribution in [1.82, 2.24) is 4.90 Å². The summed E-state index contributed by atoms with van der Waals surface area (Å²) in [6.45, 7) is 0.0721. The van der Waals surface area contributed by atoms with Crippen LogP contribution in [0.15, 0.2) is 29.3 Å². The van der Waals surface area contributed by atoms with Crippen LogP contribution in [0.2, 0.25) is 0 Å². The first kappa shape index (κ1) is 17.9. The number of nitrogens with zero attached hydrogens (tertiary/aromatic N) is 2. The predicted octanol–water partition coefficient (Wildman–Crippen LogP) is 3.76. The van der Waals surface area contributed by atoms with Gasteiger partial charge in [-0.3, -0.25) is 14.6 Å². The Kier molecular flexibility index (Phi) is 4.62. The van der Waals surface area contributed by atoms with Gasteiger partial charge in [0.1, 0.15) is 5.66 Å². The third kappa shape index (κ3) is 3.42. The maximum Gasteiger partial charge on any atom is 0.416 e. The zero-order valence-electron chi connectivity index (χ0n) is 13.3. The molecule has 25 heavy (non-hydrogen) atoms. The van der Waals surface area contributed by atoms with E-state index in [-0.39, 0.29) is 6.54 Å². The van der Waals surface area contributed by atoms with E-state index in [9.17, 15) is 22.8 Å². The zero-order chi connectivity index (χ0) is 18.2. The Morgan fingerprint density at radius 3 is 2.20 bits per heavy atom. The minimum atomic E-state index is -4.41. The molecule has 1 amide bonds. The van der Waals surface area contributed by atoms with Crippen LogP contribution in [0.1, 0.15) is 43.2 Å². The van der Waals surface area contributed by atoms with E-state index in [1.807, 2.05) is 0 Å². The first-order valence-corrected chi connectivity index (χ1v) is 8.38. The molecule has 8 heteroatoms. The SMILES string of the molecule is O=C(Cl)C(=O)N1CC(c2ccc(C(F)(F)F)cc2)=NC12CCCCC2. The second-order valence-corrected chi connectivity index (χ2v) is 6.69. The summed E-state index contributed by atoms with van der Waals surface area (Å²) in [6, 6.07) is 4.66. The molecule has 1 saturated carbocycles. The molecule has 1 aliphatic carbocycles. The second kappa shape index (κ2) is 6.44. The molecule has 1 spiro atoms. The van der Waals surface area contributed by atoms with Crippen LogP contribution >= 0.6 is 11.6 Å². The largest absolute Gasteiger partial charge is 0.416 e. The molecule has 1 aromatic carbocycles. The number of aliphatic imine (C=N–C) groups is 1. The number of benzene rings is 1. The lowest BCUT2D eigenvalue weighted by Gasteiger charge is -2.38. The fourth-order valence-corrected chi connectivity index (χ4v) is 3.62. The van der Waals surface area contributed by atoms with Crippen molar-refractivity contribution in [2.24, 2.45) is 4.99 Å². The fourth-order valence-electron chi connectivity index (χ4n) is 3.52. The van der Waals surface area contributed by atoms with Crippen LogP contribution < -0.4 is 0 Å². The molecule has 0 atom stereocenters. The van der Waals surface area contributed by atoms with Gasteiger partial charge in [-0.05, 0) is 55.0 Å². The Labute approximate surface area is 147 Å². The van der Waals surface area contributed by atoms with Crippen molar-refractivity contribution in [2.75, 3.05) is 6.54 Å². The lowest BCUT2D eigenvalue weighted by atomic mass is 9.88. The van der Waals surface area contributed by atoms with Gasteiger partial charge in [0.15, 0.2) is 0 Å². The van der Waals surface area contributed by atoms with Crippen molar-refractivity contribution in [2.45, 2.75) is 43.9 Å². The molecule has 0 unspecified atom stereocenters. The highest BCUT2D eigenvalue weighted by Gasteiger charge is 2.46. The first-order valence-electron chi connectivity index (χ1n) is 8.01. The Balaban J connectivity index is 1.93. The highest BCUT2D eigenvalue weighted by molar-refractivity contribution is 6.80. The Hall–Kier alpha value is -1.89. The molecule has 134 valence electrons. The number of hydrogen-bond acceptors (Lipinski definition) is 3. The molecule has 2 aliphatic rings. The van der Waals surface area contributed by atoms with E-state index in [2.05, 4.69) is 4.99 Å². The summed E-state index contributed by atoms with van der Waals surface area (Å²) >= 11 is 5.37. The topological polar surface area (TPSA) is 49.7 Å². The number of carbonyl (C=O) groups excluding carboxylic acids is 2. The van der Waals surface area contributed by atoms with Gasteiger partial charge in [-0.1, -0.05) is 18.6 Å². The molecular formula is C17H16ClF3N2O2. The minimum Gasteiger partial charge on any atom is -0.304 e. The molecular weight excluding hydrogens is 357 g/mol. The van der Waals surface area contributed by atoms with Crippen molar-refractivity contribution in [3.05, 3.63) is 35.4 Å². The predicted molar refractivity (Wildman–Crippen MR) is 86.4 cm³/mol. The molecule has 0 aromatic heterocycles. The maximum absolute atomic E-state index is 12.7. The van der Waals surface area contributed by atoms with Gasteiger partial charge in [-0.2, -0.15) is 13.2 Å². The van der Waals surface area contributed by atoms with Crippen LogP contribution in [-0.2, 0) is 15.8 Å². The van der Waals surface area contributed by atoms with Crippen LogP contribution in [0.3, 0.4) is 0 Å². The third-order valence-electron chi connectivity index (χ3n) is 4.77. The third-order valence-corrected chi connectivity index (χ3v) is 4.93. The van der Waals surface area contributed by atoms with Crippen molar-refractivity contribution in [3.8, 4) is 0 Å². The Morgan fingerprint density at radius 2 is 1.68 bits per heavy atom. The molecule has 0 bridgehead atoms. The summed E-state index contributed by atoms with van der Waals surface area (Å²) in [5.74, 6) is -0.811. The van der Waals surface area contributed by atoms with Crippen molar-refractivity contribution in [3.63, 3.8) is 0 Å². The molecule has 1 heterocycles. The molecule has 1 fully saturated rings. The monoisotopic (exact) mass is 372 g/mol. The number of carbonyl (C=O) groups is 2. The quantitative estimate of drug-likeness (QED) is 0.586. The standard InChI is InChI=1S/C17H16ClF3N2O2/c18-14(24)15(25)23-10-13(22-16(23)8-2-1-3-9-16)11-4-6-12(7-5-11)17(19,20)21/h4-7H,1-3,8-10H2. The van der Waals surface area contributed by atoms with E-state index < -0.39 is 28.6 Å². The molecule has 4 nitrogen and oxygen atoms in total. The highest BCUT2D eigenvalue weighted by atomic mass is 35.5. The van der Waals surface area contributed by atoms with Crippen molar-refractivity contribution in [1.29, 1.82) is 0 Å². The minimum absolute atomic E-state index is 0.0721. The van der Waals surface area contributed by atoms with E-state index in [0.717, 1.165) is 31.4 Å². The molecule has 1 aromatic rings. The summed E-state index contributed by atoms with van der Waals surface area (Å²) in [4.78, 5) is 29.6. The molecule has 3 rings (SSSR count). The smallest absolute Gasteiger partial charge is 0.304 e. The number of rotatable bonds is 2. The van der Waals surface area contributed by atoms with Gasteiger partial charge < -0.3 is 4.90 Å². The molecule has 0 saturated heterocycles. The van der Waals surface area contributed by atoms with Gasteiger partial charge in [-0.15, -0.1) is 0 Å². The van der Waals surface area contributed by atoms with E-state index in [1.54, 1.807) is 0 Å². The highest BCUT2D eigenvalue weighted by Crippen LogP contribution is 2.39. The summed E-state index contributed by atoms with van der Waals surface area (Å²) < 4.78 is 38.1. The average Bonchev–Trinajstić information content (AvgIpc) is 2.92. The fraction of sp³-hybridized carbons (Fsp3) is 0.471. The van der Waals surface area contributed by atoms with Crippen LogP contribution in [0.25, 0.3) is 0 Å².